The predicted molar refractivity (Wildman–Crippen MR) is 109 cm³/mol. The Balaban J connectivity index is 0.00000196. The maximum Gasteiger partial charge on any atom is 0.255 e. The molecule has 0 spiro atoms. The number of carbonyl (C=O) groups is 1. The van der Waals surface area contributed by atoms with Crippen molar-refractivity contribution in [1.82, 2.24) is 9.88 Å². The van der Waals surface area contributed by atoms with E-state index in [-0.39, 0.29) is 18.3 Å². The summed E-state index contributed by atoms with van der Waals surface area (Å²) in [7, 11) is 3.56. The fraction of sp³-hybridized carbons (Fsp3) is 0.400. The second-order valence-electron chi connectivity index (χ2n) is 7.16. The number of amides is 1. The molecule has 0 saturated carbocycles. The van der Waals surface area contributed by atoms with Crippen LogP contribution in [0.25, 0.3) is 21.5 Å². The Morgan fingerprint density at radius 3 is 2.81 bits per heavy atom. The van der Waals surface area contributed by atoms with E-state index in [1.165, 1.54) is 16.9 Å². The number of hydrogen-bond acceptors (Lipinski definition) is 4. The number of aryl methyl sites for hydroxylation is 2. The lowest BCUT2D eigenvalue weighted by Gasteiger charge is -2.20. The molecule has 0 radical (unpaired) electrons. The van der Waals surface area contributed by atoms with Crippen molar-refractivity contribution in [3.05, 3.63) is 40.1 Å². The fourth-order valence-electron chi connectivity index (χ4n) is 3.74. The highest BCUT2D eigenvalue weighted by molar-refractivity contribution is 7.19. The normalized spacial score (nSPS) is 16.2. The van der Waals surface area contributed by atoms with Crippen LogP contribution in [-0.2, 0) is 12.8 Å². The van der Waals surface area contributed by atoms with Gasteiger partial charge in [0.05, 0.1) is 17.5 Å². The number of hydrogen-bond donors (Lipinski definition) is 0. The van der Waals surface area contributed by atoms with Crippen LogP contribution < -0.4 is 0 Å². The second kappa shape index (κ2) is 7.05. The van der Waals surface area contributed by atoms with E-state index in [4.69, 9.17) is 9.40 Å². The number of carbonyl (C=O) groups excluding carboxylic acids is 1. The Morgan fingerprint density at radius 1 is 1.38 bits per heavy atom. The SMILES string of the molecule is Cc1nc2sc3c(c2c(-c2ccco2)c1C(=O)N(C)C)CCC(C)C3.Cl. The smallest absolute Gasteiger partial charge is 0.255 e. The largest absolute Gasteiger partial charge is 0.464 e. The zero-order valence-electron chi connectivity index (χ0n) is 15.5. The molecule has 1 unspecified atom stereocenters. The molecule has 4 rings (SSSR count). The van der Waals surface area contributed by atoms with Crippen LogP contribution in [-0.4, -0.2) is 29.9 Å². The van der Waals surface area contributed by atoms with E-state index in [1.54, 1.807) is 36.6 Å². The summed E-state index contributed by atoms with van der Waals surface area (Å²) in [6.45, 7) is 4.23. The van der Waals surface area contributed by atoms with Gasteiger partial charge >= 0.3 is 0 Å². The molecule has 4 nitrogen and oxygen atoms in total. The zero-order valence-corrected chi connectivity index (χ0v) is 17.1. The van der Waals surface area contributed by atoms with Gasteiger partial charge < -0.3 is 9.32 Å². The van der Waals surface area contributed by atoms with Crippen LogP contribution in [0.3, 0.4) is 0 Å². The van der Waals surface area contributed by atoms with Crippen molar-refractivity contribution in [3.8, 4) is 11.3 Å². The van der Waals surface area contributed by atoms with E-state index in [0.717, 1.165) is 40.1 Å². The van der Waals surface area contributed by atoms with Crippen LogP contribution in [0.1, 0.15) is 39.8 Å². The molecule has 1 amide bonds. The minimum absolute atomic E-state index is 0. The van der Waals surface area contributed by atoms with Crippen molar-refractivity contribution in [2.24, 2.45) is 5.92 Å². The van der Waals surface area contributed by atoms with Crippen LogP contribution in [0, 0.1) is 12.8 Å². The van der Waals surface area contributed by atoms with Crippen molar-refractivity contribution < 1.29 is 9.21 Å². The molecule has 0 aromatic carbocycles. The van der Waals surface area contributed by atoms with Crippen LogP contribution >= 0.6 is 23.7 Å². The number of furan rings is 1. The number of rotatable bonds is 2. The Bertz CT molecular complexity index is 960. The number of aromatic nitrogens is 1. The molecule has 3 heterocycles. The van der Waals surface area contributed by atoms with Gasteiger partial charge in [0.2, 0.25) is 0 Å². The topological polar surface area (TPSA) is 46.3 Å². The molecular weight excluding hydrogens is 368 g/mol. The van der Waals surface area contributed by atoms with Gasteiger partial charge in [-0.05, 0) is 49.8 Å². The highest BCUT2D eigenvalue weighted by atomic mass is 35.5. The van der Waals surface area contributed by atoms with Gasteiger partial charge in [-0.2, -0.15) is 0 Å². The van der Waals surface area contributed by atoms with E-state index >= 15 is 0 Å². The van der Waals surface area contributed by atoms with E-state index in [0.29, 0.717) is 11.5 Å². The molecule has 0 aliphatic heterocycles. The number of halogens is 1. The summed E-state index contributed by atoms with van der Waals surface area (Å²) in [5.41, 5.74) is 3.71. The first-order valence-corrected chi connectivity index (χ1v) is 9.49. The Hall–Kier alpha value is -1.85. The standard InChI is InChI=1S/C20H22N2O2S.ClH/c1-11-7-8-13-15(10-11)25-19-17(13)18(14-6-5-9-24-14)16(12(2)21-19)20(23)22(3)4;/h5-6,9,11H,7-8,10H2,1-4H3;1H. The molecule has 0 fully saturated rings. The molecule has 1 aliphatic rings. The van der Waals surface area contributed by atoms with E-state index < -0.39 is 0 Å². The van der Waals surface area contributed by atoms with Crippen molar-refractivity contribution in [2.75, 3.05) is 14.1 Å². The average Bonchev–Trinajstić information content (AvgIpc) is 3.19. The van der Waals surface area contributed by atoms with Gasteiger partial charge in [-0.3, -0.25) is 4.79 Å². The average molecular weight is 391 g/mol. The van der Waals surface area contributed by atoms with Gasteiger partial charge in [0.1, 0.15) is 10.6 Å². The number of thiophene rings is 1. The lowest BCUT2D eigenvalue weighted by Crippen LogP contribution is -2.24. The highest BCUT2D eigenvalue weighted by Gasteiger charge is 2.29. The molecule has 138 valence electrons. The van der Waals surface area contributed by atoms with Gasteiger partial charge in [-0.25, -0.2) is 4.98 Å². The number of nitrogens with zero attached hydrogens (tertiary/aromatic N) is 2. The van der Waals surface area contributed by atoms with E-state index in [1.807, 2.05) is 19.1 Å². The summed E-state index contributed by atoms with van der Waals surface area (Å²) in [6, 6.07) is 3.82. The third-order valence-corrected chi connectivity index (χ3v) is 6.16. The van der Waals surface area contributed by atoms with Crippen LogP contribution in [0.2, 0.25) is 0 Å². The summed E-state index contributed by atoms with van der Waals surface area (Å²) < 4.78 is 5.74. The molecule has 6 heteroatoms. The summed E-state index contributed by atoms with van der Waals surface area (Å²) in [5.74, 6) is 1.43. The summed E-state index contributed by atoms with van der Waals surface area (Å²) >= 11 is 1.78. The second-order valence-corrected chi connectivity index (χ2v) is 8.24. The molecule has 26 heavy (non-hydrogen) atoms. The van der Waals surface area contributed by atoms with Gasteiger partial charge in [0.25, 0.3) is 5.91 Å². The van der Waals surface area contributed by atoms with Gasteiger partial charge in [0, 0.05) is 29.9 Å². The summed E-state index contributed by atoms with van der Waals surface area (Å²) in [6.07, 6.45) is 5.00. The molecule has 1 atom stereocenters. The summed E-state index contributed by atoms with van der Waals surface area (Å²) in [5, 5.41) is 1.12. The van der Waals surface area contributed by atoms with Crippen molar-refractivity contribution in [2.45, 2.75) is 33.1 Å². The third-order valence-electron chi connectivity index (χ3n) is 5.01. The quantitative estimate of drug-likeness (QED) is 0.610. The predicted octanol–water partition coefficient (Wildman–Crippen LogP) is 5.11. The lowest BCUT2D eigenvalue weighted by molar-refractivity contribution is 0.0827. The van der Waals surface area contributed by atoms with Crippen LogP contribution in [0.5, 0.6) is 0 Å². The third kappa shape index (κ3) is 2.93. The van der Waals surface area contributed by atoms with Crippen molar-refractivity contribution in [1.29, 1.82) is 0 Å². The van der Waals surface area contributed by atoms with E-state index in [2.05, 4.69) is 6.92 Å². The molecule has 3 aromatic heterocycles. The highest BCUT2D eigenvalue weighted by Crippen LogP contribution is 2.44. The van der Waals surface area contributed by atoms with Crippen LogP contribution in [0.4, 0.5) is 0 Å². The molecule has 0 saturated heterocycles. The molecular formula is C20H23ClN2O2S. The maximum atomic E-state index is 12.9. The maximum absolute atomic E-state index is 12.9. The first-order chi connectivity index (χ1) is 12.0. The first kappa shape index (κ1) is 18.9. The lowest BCUT2D eigenvalue weighted by atomic mass is 9.87. The van der Waals surface area contributed by atoms with Gasteiger partial charge in [0.15, 0.2) is 0 Å². The molecule has 0 bridgehead atoms. The van der Waals surface area contributed by atoms with E-state index in [9.17, 15) is 4.79 Å². The molecule has 1 aliphatic carbocycles. The molecule has 3 aromatic rings. The Labute approximate surface area is 163 Å². The number of pyridine rings is 1. The number of fused-ring (bicyclic) bond motifs is 3. The van der Waals surface area contributed by atoms with Gasteiger partial charge in [-0.15, -0.1) is 23.7 Å². The van der Waals surface area contributed by atoms with Crippen molar-refractivity contribution >= 4 is 39.9 Å². The Kier molecular flexibility index (Phi) is 5.13. The zero-order chi connectivity index (χ0) is 17.7. The minimum Gasteiger partial charge on any atom is -0.464 e. The van der Waals surface area contributed by atoms with Crippen molar-refractivity contribution in [3.63, 3.8) is 0 Å². The minimum atomic E-state index is -0.0255. The Morgan fingerprint density at radius 2 is 2.15 bits per heavy atom. The molecule has 0 N–H and O–H groups in total. The first-order valence-electron chi connectivity index (χ1n) is 8.67. The van der Waals surface area contributed by atoms with Crippen LogP contribution in [0.15, 0.2) is 22.8 Å². The monoisotopic (exact) mass is 390 g/mol. The summed E-state index contributed by atoms with van der Waals surface area (Å²) in [4.78, 5) is 21.8. The fourth-order valence-corrected chi connectivity index (χ4v) is 5.18. The van der Waals surface area contributed by atoms with Gasteiger partial charge in [-0.1, -0.05) is 6.92 Å².